The predicted octanol–water partition coefficient (Wildman–Crippen LogP) is 5.46. The summed E-state index contributed by atoms with van der Waals surface area (Å²) in [4.78, 5) is 21.1. The van der Waals surface area contributed by atoms with Gasteiger partial charge in [0, 0.05) is 34.6 Å². The van der Waals surface area contributed by atoms with Crippen LogP contribution >= 0.6 is 22.9 Å². The van der Waals surface area contributed by atoms with Crippen molar-refractivity contribution in [3.8, 4) is 0 Å². The molecule has 0 saturated heterocycles. The molecule has 1 atom stereocenters. The molecule has 4 aromatic rings. The molecule has 0 bridgehead atoms. The number of carbonyl (C=O) groups excluding carboxylic acids is 1. The number of hydrogen-bond donors (Lipinski definition) is 2. The summed E-state index contributed by atoms with van der Waals surface area (Å²) in [6, 6.07) is 15.9. The highest BCUT2D eigenvalue weighted by atomic mass is 35.5. The van der Waals surface area contributed by atoms with Crippen molar-refractivity contribution in [2.45, 2.75) is 19.8 Å². The maximum Gasteiger partial charge on any atom is 0.263 e. The molecule has 0 aliphatic carbocycles. The Balaban J connectivity index is 1.69. The molecule has 0 aliphatic heterocycles. The van der Waals surface area contributed by atoms with Crippen LogP contribution in [0.25, 0.3) is 10.9 Å². The van der Waals surface area contributed by atoms with E-state index in [0.717, 1.165) is 32.7 Å². The van der Waals surface area contributed by atoms with Gasteiger partial charge in [0.15, 0.2) is 0 Å². The third-order valence-electron chi connectivity index (χ3n) is 4.85. The lowest BCUT2D eigenvalue weighted by Crippen LogP contribution is -2.29. The van der Waals surface area contributed by atoms with Crippen LogP contribution in [0.4, 0.5) is 0 Å². The first-order valence-electron chi connectivity index (χ1n) is 9.07. The number of amides is 1. The number of nitrogens with zero attached hydrogens (tertiary/aromatic N) is 1. The van der Waals surface area contributed by atoms with E-state index in [1.165, 1.54) is 11.3 Å². The van der Waals surface area contributed by atoms with Gasteiger partial charge in [0.1, 0.15) is 4.88 Å². The summed E-state index contributed by atoms with van der Waals surface area (Å²) in [5, 5.41) is 5.80. The van der Waals surface area contributed by atoms with Crippen LogP contribution in [-0.4, -0.2) is 22.4 Å². The molecule has 2 aromatic heterocycles. The minimum atomic E-state index is -0.0972. The molecule has 2 N–H and O–H groups in total. The summed E-state index contributed by atoms with van der Waals surface area (Å²) in [5.74, 6) is -0.164. The van der Waals surface area contributed by atoms with E-state index >= 15 is 0 Å². The van der Waals surface area contributed by atoms with Crippen LogP contribution in [0.3, 0.4) is 0 Å². The number of hydrogen-bond acceptors (Lipinski definition) is 3. The van der Waals surface area contributed by atoms with E-state index in [9.17, 15) is 4.79 Å². The summed E-state index contributed by atoms with van der Waals surface area (Å²) in [5.41, 5.74) is 3.93. The Bertz CT molecular complexity index is 1150. The molecular formula is C22H20ClN3OS. The smallest absolute Gasteiger partial charge is 0.263 e. The second-order valence-corrected chi connectivity index (χ2v) is 8.33. The molecule has 0 spiro atoms. The number of fused-ring (bicyclic) bond motifs is 1. The zero-order valence-electron chi connectivity index (χ0n) is 15.6. The van der Waals surface area contributed by atoms with E-state index < -0.39 is 0 Å². The Labute approximate surface area is 172 Å². The van der Waals surface area contributed by atoms with E-state index in [1.807, 2.05) is 62.5 Å². The lowest BCUT2D eigenvalue weighted by Gasteiger charge is -2.19. The van der Waals surface area contributed by atoms with Gasteiger partial charge in [-0.1, -0.05) is 48.0 Å². The van der Waals surface area contributed by atoms with Crippen molar-refractivity contribution >= 4 is 39.7 Å². The zero-order valence-corrected chi connectivity index (χ0v) is 17.2. The second kappa shape index (κ2) is 7.78. The first-order valence-corrected chi connectivity index (χ1v) is 10.3. The highest BCUT2D eigenvalue weighted by Gasteiger charge is 2.22. The van der Waals surface area contributed by atoms with Gasteiger partial charge in [-0.3, -0.25) is 4.79 Å². The molecule has 0 saturated carbocycles. The van der Waals surface area contributed by atoms with Gasteiger partial charge in [0.2, 0.25) is 0 Å². The molecule has 2 aromatic carbocycles. The van der Waals surface area contributed by atoms with Gasteiger partial charge in [-0.25, -0.2) is 4.98 Å². The van der Waals surface area contributed by atoms with Gasteiger partial charge in [-0.2, -0.15) is 0 Å². The van der Waals surface area contributed by atoms with Gasteiger partial charge in [-0.15, -0.1) is 11.3 Å². The van der Waals surface area contributed by atoms with Crippen molar-refractivity contribution in [2.24, 2.45) is 0 Å². The average molecular weight is 410 g/mol. The van der Waals surface area contributed by atoms with E-state index in [4.69, 9.17) is 11.6 Å². The minimum absolute atomic E-state index is 0.0666. The fourth-order valence-corrected chi connectivity index (χ4v) is 4.65. The van der Waals surface area contributed by atoms with Crippen molar-refractivity contribution < 1.29 is 4.79 Å². The number of para-hydroxylation sites is 1. The van der Waals surface area contributed by atoms with Gasteiger partial charge < -0.3 is 10.3 Å². The van der Waals surface area contributed by atoms with E-state index in [0.29, 0.717) is 16.4 Å². The van der Waals surface area contributed by atoms with Gasteiger partial charge >= 0.3 is 0 Å². The zero-order chi connectivity index (χ0) is 19.7. The Morgan fingerprint density at radius 2 is 1.89 bits per heavy atom. The summed E-state index contributed by atoms with van der Waals surface area (Å²) in [6.07, 6.45) is 2.01. The summed E-state index contributed by atoms with van der Waals surface area (Å²) in [6.45, 7) is 4.22. The molecule has 6 heteroatoms. The molecule has 2 heterocycles. The lowest BCUT2D eigenvalue weighted by atomic mass is 9.90. The first-order chi connectivity index (χ1) is 13.5. The molecule has 28 heavy (non-hydrogen) atoms. The molecule has 0 fully saturated rings. The fourth-order valence-electron chi connectivity index (χ4n) is 3.54. The molecule has 1 unspecified atom stereocenters. The number of aromatic nitrogens is 2. The molecule has 0 aliphatic rings. The highest BCUT2D eigenvalue weighted by molar-refractivity contribution is 7.13. The van der Waals surface area contributed by atoms with Crippen molar-refractivity contribution in [3.63, 3.8) is 0 Å². The van der Waals surface area contributed by atoms with Crippen molar-refractivity contribution in [2.75, 3.05) is 6.54 Å². The second-order valence-electron chi connectivity index (χ2n) is 6.72. The fraction of sp³-hybridized carbons (Fsp3) is 0.182. The number of carbonyl (C=O) groups is 1. The monoisotopic (exact) mass is 409 g/mol. The Morgan fingerprint density at radius 1 is 1.14 bits per heavy atom. The first kappa shape index (κ1) is 18.7. The van der Waals surface area contributed by atoms with Crippen LogP contribution in [0.15, 0.2) is 54.7 Å². The minimum Gasteiger partial charge on any atom is -0.361 e. The standard InChI is InChI=1S/C22H20ClN3OS/c1-13-21(28-14(2)26-13)22(27)25-12-17(15-7-3-5-9-19(15)23)18-11-24-20-10-6-4-8-16(18)20/h3-11,17,24H,12H2,1-2H3,(H,25,27). The molecule has 1 amide bonds. The number of aryl methyl sites for hydroxylation is 2. The van der Waals surface area contributed by atoms with Crippen LogP contribution < -0.4 is 5.32 Å². The average Bonchev–Trinajstić information content (AvgIpc) is 3.26. The maximum absolute atomic E-state index is 12.8. The van der Waals surface area contributed by atoms with Crippen LogP contribution in [0, 0.1) is 13.8 Å². The van der Waals surface area contributed by atoms with Gasteiger partial charge in [0.05, 0.1) is 10.7 Å². The van der Waals surface area contributed by atoms with Crippen LogP contribution in [0.1, 0.15) is 37.4 Å². The number of halogens is 1. The third-order valence-corrected chi connectivity index (χ3v) is 6.27. The SMILES string of the molecule is Cc1nc(C)c(C(=O)NCC(c2ccccc2Cl)c2c[nH]c3ccccc23)s1. The van der Waals surface area contributed by atoms with E-state index in [1.54, 1.807) is 0 Å². The summed E-state index contributed by atoms with van der Waals surface area (Å²) >= 11 is 7.93. The Morgan fingerprint density at radius 3 is 2.64 bits per heavy atom. The van der Waals surface area contributed by atoms with E-state index in [-0.39, 0.29) is 11.8 Å². The van der Waals surface area contributed by atoms with Crippen molar-refractivity contribution in [1.29, 1.82) is 0 Å². The number of H-pyrrole nitrogens is 1. The van der Waals surface area contributed by atoms with Gasteiger partial charge in [-0.05, 0) is 37.1 Å². The number of thiazole rings is 1. The summed E-state index contributed by atoms with van der Waals surface area (Å²) in [7, 11) is 0. The molecule has 0 radical (unpaired) electrons. The maximum atomic E-state index is 12.8. The molecule has 142 valence electrons. The number of nitrogens with one attached hydrogen (secondary N) is 2. The summed E-state index contributed by atoms with van der Waals surface area (Å²) < 4.78 is 0. The Kier molecular flexibility index (Phi) is 5.20. The number of benzene rings is 2. The molecular weight excluding hydrogens is 390 g/mol. The largest absolute Gasteiger partial charge is 0.361 e. The predicted molar refractivity (Wildman–Crippen MR) is 116 cm³/mol. The van der Waals surface area contributed by atoms with Crippen LogP contribution in [0.2, 0.25) is 5.02 Å². The molecule has 4 nitrogen and oxygen atoms in total. The van der Waals surface area contributed by atoms with Crippen molar-refractivity contribution in [1.82, 2.24) is 15.3 Å². The van der Waals surface area contributed by atoms with Gasteiger partial charge in [0.25, 0.3) is 5.91 Å². The van der Waals surface area contributed by atoms with E-state index in [2.05, 4.69) is 21.4 Å². The number of aromatic amines is 1. The van der Waals surface area contributed by atoms with Crippen LogP contribution in [0.5, 0.6) is 0 Å². The van der Waals surface area contributed by atoms with Crippen LogP contribution in [-0.2, 0) is 0 Å². The third kappa shape index (κ3) is 3.55. The Hall–Kier alpha value is -2.63. The molecule has 4 rings (SSSR count). The lowest BCUT2D eigenvalue weighted by molar-refractivity contribution is 0.0955. The highest BCUT2D eigenvalue weighted by Crippen LogP contribution is 2.34. The van der Waals surface area contributed by atoms with Crippen molar-refractivity contribution in [3.05, 3.63) is 86.5 Å². The number of rotatable bonds is 5. The quantitative estimate of drug-likeness (QED) is 0.460. The normalized spacial score (nSPS) is 12.2. The topological polar surface area (TPSA) is 57.8 Å².